The molecule has 0 spiro atoms. The van der Waals surface area contributed by atoms with E-state index in [1.807, 2.05) is 5.32 Å². The van der Waals surface area contributed by atoms with Gasteiger partial charge in [-0.3, -0.25) is 54.5 Å². The molecule has 0 aromatic rings. The lowest BCUT2D eigenvalue weighted by Gasteiger charge is -2.15. The predicted octanol–water partition coefficient (Wildman–Crippen LogP) is 0.121. The molecule has 0 aromatic carbocycles. The molecular formula is C29H51N7O10. The molecule has 17 nitrogen and oxygen atoms in total. The Morgan fingerprint density at radius 3 is 1.37 bits per heavy atom. The van der Waals surface area contributed by atoms with Crippen LogP contribution in [-0.2, 0) is 33.6 Å². The second-order valence-corrected chi connectivity index (χ2v) is 10.5. The summed E-state index contributed by atoms with van der Waals surface area (Å²) >= 11 is 0. The van der Waals surface area contributed by atoms with Crippen molar-refractivity contribution in [3.8, 4) is 0 Å². The van der Waals surface area contributed by atoms with Crippen LogP contribution in [0.3, 0.4) is 0 Å². The molecule has 1 heterocycles. The fraction of sp³-hybridized carbons (Fsp3) is 0.690. The largest absolute Gasteiger partial charge is 0.356 e. The Kier molecular flexibility index (Phi) is 24.1. The number of carbonyl (C=O) groups is 7. The molecule has 7 amide bonds. The van der Waals surface area contributed by atoms with Crippen LogP contribution < -0.4 is 21.7 Å². The summed E-state index contributed by atoms with van der Waals surface area (Å²) in [5, 5.41) is 38.1. The lowest BCUT2D eigenvalue weighted by atomic mass is 10.2. The van der Waals surface area contributed by atoms with Gasteiger partial charge in [-0.15, -0.1) is 0 Å². The first-order chi connectivity index (χ1) is 21.9. The maximum absolute atomic E-state index is 12.0. The van der Waals surface area contributed by atoms with E-state index in [0.717, 1.165) is 19.3 Å². The summed E-state index contributed by atoms with van der Waals surface area (Å²) in [6.07, 6.45) is 8.23. The number of unbranched alkanes of at least 4 members (excludes halogenated alkanes) is 6. The Labute approximate surface area is 269 Å². The molecule has 0 fully saturated rings. The maximum Gasteiger partial charge on any atom is 0.250 e. The van der Waals surface area contributed by atoms with Crippen molar-refractivity contribution in [2.75, 3.05) is 39.3 Å². The molecule has 0 atom stereocenters. The number of imide groups is 1. The quantitative estimate of drug-likeness (QED) is 0.0336. The van der Waals surface area contributed by atoms with Crippen molar-refractivity contribution in [2.45, 2.75) is 90.4 Å². The normalized spacial score (nSPS) is 11.7. The first-order valence-electron chi connectivity index (χ1n) is 15.6. The van der Waals surface area contributed by atoms with E-state index in [9.17, 15) is 49.2 Å². The molecule has 0 saturated heterocycles. The summed E-state index contributed by atoms with van der Waals surface area (Å²) in [5.74, 6) is -2.71. The Hall–Kier alpha value is -3.93. The van der Waals surface area contributed by atoms with Gasteiger partial charge in [0.05, 0.1) is 0 Å². The highest BCUT2D eigenvalue weighted by Crippen LogP contribution is 2.03. The molecular weight excluding hydrogens is 606 g/mol. The number of hydrogen-bond acceptors (Lipinski definition) is 11. The highest BCUT2D eigenvalue weighted by molar-refractivity contribution is 6.12. The Balaban J connectivity index is 0.00000252. The van der Waals surface area contributed by atoms with Crippen LogP contribution in [0.5, 0.6) is 0 Å². The summed E-state index contributed by atoms with van der Waals surface area (Å²) in [7, 11) is 0. The van der Waals surface area contributed by atoms with Crippen LogP contribution in [0.2, 0.25) is 0 Å². The molecule has 46 heavy (non-hydrogen) atoms. The van der Waals surface area contributed by atoms with E-state index in [2.05, 4.69) is 10.6 Å². The number of nitrogens with one attached hydrogen (secondary N) is 3. The molecule has 1 aliphatic rings. The summed E-state index contributed by atoms with van der Waals surface area (Å²) in [6, 6.07) is 0. The first-order valence-corrected chi connectivity index (χ1v) is 15.6. The minimum absolute atomic E-state index is 0.0191. The lowest BCUT2D eigenvalue weighted by molar-refractivity contribution is -0.166. The van der Waals surface area contributed by atoms with Gasteiger partial charge in [-0.05, 0) is 57.9 Å². The minimum atomic E-state index is -0.548. The van der Waals surface area contributed by atoms with Crippen molar-refractivity contribution >= 4 is 41.4 Å². The van der Waals surface area contributed by atoms with Crippen LogP contribution in [0.15, 0.2) is 12.2 Å². The second kappa shape index (κ2) is 26.3. The van der Waals surface area contributed by atoms with E-state index in [-0.39, 0.29) is 68.9 Å². The lowest BCUT2D eigenvalue weighted by Crippen LogP contribution is -2.31. The average molecular weight is 658 g/mol. The van der Waals surface area contributed by atoms with Crippen molar-refractivity contribution < 1.29 is 49.2 Å². The van der Waals surface area contributed by atoms with Crippen molar-refractivity contribution in [1.82, 2.24) is 31.1 Å². The molecule has 262 valence electrons. The number of nitrogens with zero attached hydrogens (tertiary/aromatic N) is 3. The number of hydrogen-bond donors (Lipinski definition) is 7. The van der Waals surface area contributed by atoms with Gasteiger partial charge in [-0.25, -0.2) is 15.2 Å². The van der Waals surface area contributed by atoms with E-state index >= 15 is 0 Å². The number of rotatable bonds is 23. The second-order valence-electron chi connectivity index (χ2n) is 10.5. The molecule has 0 saturated carbocycles. The van der Waals surface area contributed by atoms with Gasteiger partial charge < -0.3 is 16.4 Å². The van der Waals surface area contributed by atoms with Crippen molar-refractivity contribution in [3.05, 3.63) is 12.2 Å². The van der Waals surface area contributed by atoms with Gasteiger partial charge in [0.25, 0.3) is 11.8 Å². The number of carbonyl (C=O) groups excluding carboxylic acids is 7. The summed E-state index contributed by atoms with van der Waals surface area (Å²) in [6.45, 7) is 3.22. The predicted molar refractivity (Wildman–Crippen MR) is 164 cm³/mol. The SMILES string of the molecule is CC(=O)N(O)CCCCCNC(=O)CCC(=O)N(O)CCCCCNC(=O)CCC(=O)N(O)CCCCCN.O=C1C=CC(=O)N1. The average Bonchev–Trinajstić information content (AvgIpc) is 3.41. The zero-order valence-electron chi connectivity index (χ0n) is 26.7. The summed E-state index contributed by atoms with van der Waals surface area (Å²) < 4.78 is 0. The molecule has 0 unspecified atom stereocenters. The smallest absolute Gasteiger partial charge is 0.250 e. The summed E-state index contributed by atoms with van der Waals surface area (Å²) in [5.41, 5.74) is 5.39. The van der Waals surface area contributed by atoms with Crippen LogP contribution in [0.1, 0.15) is 90.4 Å². The van der Waals surface area contributed by atoms with Gasteiger partial charge in [0, 0.05) is 77.5 Å². The fourth-order valence-corrected chi connectivity index (χ4v) is 3.80. The molecule has 0 bridgehead atoms. The van der Waals surface area contributed by atoms with Gasteiger partial charge in [0.15, 0.2) is 0 Å². The molecule has 1 rings (SSSR count). The van der Waals surface area contributed by atoms with Gasteiger partial charge in [-0.1, -0.05) is 6.42 Å². The summed E-state index contributed by atoms with van der Waals surface area (Å²) in [4.78, 5) is 78.5. The maximum atomic E-state index is 12.0. The molecule has 1 aliphatic heterocycles. The number of amides is 7. The van der Waals surface area contributed by atoms with Gasteiger partial charge in [0.1, 0.15) is 0 Å². The van der Waals surface area contributed by atoms with Crippen LogP contribution in [0.25, 0.3) is 0 Å². The molecule has 0 aliphatic carbocycles. The standard InChI is InChI=1S/C25H48N6O8.C4H3NO2/c1-21(32)29(37)18-9-3-6-16-27-22(33)12-14-25(36)31(39)20-10-4-7-17-28-23(34)11-13-24(35)30(38)19-8-2-5-15-26;6-3-1-2-4(7)5-3/h37-39H,2-20,26H2,1H3,(H,27,33)(H,28,34);1-2H,(H,5,6,7). The highest BCUT2D eigenvalue weighted by atomic mass is 16.5. The van der Waals surface area contributed by atoms with Gasteiger partial charge in [-0.2, -0.15) is 0 Å². The number of nitrogens with two attached hydrogens (primary N) is 1. The Morgan fingerprint density at radius 2 is 1.02 bits per heavy atom. The molecule has 17 heteroatoms. The van der Waals surface area contributed by atoms with Crippen LogP contribution >= 0.6 is 0 Å². The first kappa shape index (κ1) is 42.1. The van der Waals surface area contributed by atoms with E-state index in [1.54, 1.807) is 0 Å². The monoisotopic (exact) mass is 657 g/mol. The molecule has 8 N–H and O–H groups in total. The van der Waals surface area contributed by atoms with Gasteiger partial charge >= 0.3 is 0 Å². The van der Waals surface area contributed by atoms with Crippen molar-refractivity contribution in [2.24, 2.45) is 5.73 Å². The molecule has 0 aromatic heterocycles. The van der Waals surface area contributed by atoms with E-state index in [0.29, 0.717) is 73.3 Å². The zero-order valence-corrected chi connectivity index (χ0v) is 26.7. The van der Waals surface area contributed by atoms with Crippen molar-refractivity contribution in [3.63, 3.8) is 0 Å². The molecule has 0 radical (unpaired) electrons. The number of hydroxylamine groups is 6. The third kappa shape index (κ3) is 23.5. The fourth-order valence-electron chi connectivity index (χ4n) is 3.80. The Bertz CT molecular complexity index is 993. The van der Waals surface area contributed by atoms with E-state index in [4.69, 9.17) is 5.73 Å². The van der Waals surface area contributed by atoms with Crippen LogP contribution in [0, 0.1) is 0 Å². The van der Waals surface area contributed by atoms with Crippen LogP contribution in [0.4, 0.5) is 0 Å². The van der Waals surface area contributed by atoms with Gasteiger partial charge in [0.2, 0.25) is 29.5 Å². The topological polar surface area (TPSA) is 252 Å². The highest BCUT2D eigenvalue weighted by Gasteiger charge is 2.14. The van der Waals surface area contributed by atoms with E-state index < -0.39 is 17.7 Å². The zero-order chi connectivity index (χ0) is 34.7. The van der Waals surface area contributed by atoms with Crippen molar-refractivity contribution in [1.29, 1.82) is 0 Å². The Morgan fingerprint density at radius 1 is 0.630 bits per heavy atom. The third-order valence-corrected chi connectivity index (χ3v) is 6.52. The third-order valence-electron chi connectivity index (χ3n) is 6.52. The van der Waals surface area contributed by atoms with Crippen LogP contribution in [-0.4, -0.2) is 111 Å². The minimum Gasteiger partial charge on any atom is -0.356 e. The van der Waals surface area contributed by atoms with E-state index in [1.165, 1.54) is 19.1 Å².